The summed E-state index contributed by atoms with van der Waals surface area (Å²) in [5.41, 5.74) is 6.25. The highest BCUT2D eigenvalue weighted by Crippen LogP contribution is 2.32. The molecule has 5 heteroatoms. The van der Waals surface area contributed by atoms with Crippen molar-refractivity contribution in [2.75, 3.05) is 5.73 Å². The lowest BCUT2D eigenvalue weighted by atomic mass is 10.3. The van der Waals surface area contributed by atoms with E-state index in [1.54, 1.807) is 18.3 Å². The fourth-order valence-electron chi connectivity index (χ4n) is 1.15. The van der Waals surface area contributed by atoms with Gasteiger partial charge in [-0.05, 0) is 46.3 Å². The first-order valence-electron chi connectivity index (χ1n) is 4.50. The second-order valence-electron chi connectivity index (χ2n) is 3.07. The first kappa shape index (κ1) is 11.4. The molecule has 0 radical (unpaired) electrons. The van der Waals surface area contributed by atoms with Crippen LogP contribution in [0.25, 0.3) is 0 Å². The van der Waals surface area contributed by atoms with Gasteiger partial charge in [-0.3, -0.25) is 0 Å². The van der Waals surface area contributed by atoms with Gasteiger partial charge in [-0.2, -0.15) is 0 Å². The van der Waals surface area contributed by atoms with E-state index in [1.165, 1.54) is 0 Å². The second-order valence-corrected chi connectivity index (χ2v) is 4.84. The van der Waals surface area contributed by atoms with E-state index in [1.807, 2.05) is 18.2 Å². The molecular weight excluding hydrogens is 336 g/mol. The van der Waals surface area contributed by atoms with Crippen molar-refractivity contribution in [3.05, 3.63) is 45.5 Å². The van der Waals surface area contributed by atoms with Crippen molar-refractivity contribution in [3.63, 3.8) is 0 Å². The normalized spacial score (nSPS) is 10.1. The van der Waals surface area contributed by atoms with Crippen LogP contribution in [0.1, 0.15) is 0 Å². The average Bonchev–Trinajstić information content (AvgIpc) is 2.25. The highest BCUT2D eigenvalue weighted by Gasteiger charge is 2.06. The number of nitrogens with zero attached hydrogens (tertiary/aromatic N) is 1. The van der Waals surface area contributed by atoms with E-state index in [0.717, 1.165) is 8.95 Å². The summed E-state index contributed by atoms with van der Waals surface area (Å²) in [6.07, 6.45) is 1.64. The van der Waals surface area contributed by atoms with E-state index in [4.69, 9.17) is 10.5 Å². The Balaban J connectivity index is 2.31. The molecule has 0 atom stereocenters. The van der Waals surface area contributed by atoms with E-state index in [2.05, 4.69) is 36.8 Å². The van der Waals surface area contributed by atoms with Gasteiger partial charge in [-0.15, -0.1) is 0 Å². The van der Waals surface area contributed by atoms with E-state index in [-0.39, 0.29) is 0 Å². The number of rotatable bonds is 2. The van der Waals surface area contributed by atoms with Gasteiger partial charge in [0.1, 0.15) is 5.75 Å². The zero-order valence-electron chi connectivity index (χ0n) is 8.15. The summed E-state index contributed by atoms with van der Waals surface area (Å²) in [4.78, 5) is 4.06. The number of benzene rings is 1. The van der Waals surface area contributed by atoms with Crippen LogP contribution in [0, 0.1) is 0 Å². The van der Waals surface area contributed by atoms with Crippen molar-refractivity contribution >= 4 is 37.5 Å². The van der Waals surface area contributed by atoms with Crippen LogP contribution in [-0.2, 0) is 0 Å². The molecule has 0 spiro atoms. The third-order valence-corrected chi connectivity index (χ3v) is 3.01. The monoisotopic (exact) mass is 342 g/mol. The molecule has 82 valence electrons. The van der Waals surface area contributed by atoms with Crippen LogP contribution in [0.3, 0.4) is 0 Å². The summed E-state index contributed by atoms with van der Waals surface area (Å²) < 4.78 is 7.40. The number of pyridine rings is 1. The van der Waals surface area contributed by atoms with Gasteiger partial charge in [0.2, 0.25) is 5.88 Å². The lowest BCUT2D eigenvalue weighted by Crippen LogP contribution is -1.94. The van der Waals surface area contributed by atoms with Gasteiger partial charge in [0.15, 0.2) is 0 Å². The molecule has 1 aromatic carbocycles. The van der Waals surface area contributed by atoms with Gasteiger partial charge in [-0.25, -0.2) is 4.98 Å². The Kier molecular flexibility index (Phi) is 3.46. The molecule has 0 saturated carbocycles. The number of ether oxygens (including phenoxy) is 1. The Bertz CT molecular complexity index is 517. The molecule has 0 aliphatic heterocycles. The van der Waals surface area contributed by atoms with Crippen LogP contribution in [0.15, 0.2) is 45.5 Å². The Hall–Kier alpha value is -1.07. The van der Waals surface area contributed by atoms with Crippen molar-refractivity contribution in [2.24, 2.45) is 0 Å². The molecule has 16 heavy (non-hydrogen) atoms. The number of aromatic nitrogens is 1. The number of hydrogen-bond acceptors (Lipinski definition) is 3. The summed E-state index contributed by atoms with van der Waals surface area (Å²) in [7, 11) is 0. The molecule has 2 aromatic rings. The van der Waals surface area contributed by atoms with Gasteiger partial charge < -0.3 is 10.5 Å². The molecule has 2 N–H and O–H groups in total. The summed E-state index contributed by atoms with van der Waals surface area (Å²) >= 11 is 6.78. The summed E-state index contributed by atoms with van der Waals surface area (Å²) in [5, 5.41) is 0. The molecule has 0 amide bonds. The molecule has 2 rings (SSSR count). The minimum absolute atomic E-state index is 0.408. The Morgan fingerprint density at radius 2 is 2.00 bits per heavy atom. The molecule has 0 aliphatic carbocycles. The molecule has 0 saturated heterocycles. The minimum atomic E-state index is 0.408. The highest BCUT2D eigenvalue weighted by molar-refractivity contribution is 9.11. The number of nitrogen functional groups attached to an aromatic ring is 1. The molecule has 0 unspecified atom stereocenters. The lowest BCUT2D eigenvalue weighted by molar-refractivity contribution is 0.462. The van der Waals surface area contributed by atoms with Crippen LogP contribution in [0.4, 0.5) is 5.69 Å². The van der Waals surface area contributed by atoms with Crippen LogP contribution < -0.4 is 10.5 Å². The quantitative estimate of drug-likeness (QED) is 0.897. The maximum atomic E-state index is 5.74. The Labute approximate surface area is 110 Å². The topological polar surface area (TPSA) is 48.1 Å². The molecule has 0 fully saturated rings. The van der Waals surface area contributed by atoms with E-state index >= 15 is 0 Å². The smallest absolute Gasteiger partial charge is 0.242 e. The van der Waals surface area contributed by atoms with Gasteiger partial charge in [0.25, 0.3) is 0 Å². The van der Waals surface area contributed by atoms with Gasteiger partial charge >= 0.3 is 0 Å². The fraction of sp³-hybridized carbons (Fsp3) is 0. The lowest BCUT2D eigenvalue weighted by Gasteiger charge is -2.08. The van der Waals surface area contributed by atoms with Gasteiger partial charge in [-0.1, -0.05) is 15.9 Å². The number of nitrogens with two attached hydrogens (primary N) is 1. The maximum absolute atomic E-state index is 5.74. The van der Waals surface area contributed by atoms with Crippen LogP contribution in [-0.4, -0.2) is 4.98 Å². The predicted molar refractivity (Wildman–Crippen MR) is 70.6 cm³/mol. The molecule has 1 aromatic heterocycles. The second kappa shape index (κ2) is 4.84. The first-order valence-corrected chi connectivity index (χ1v) is 6.09. The minimum Gasteiger partial charge on any atom is -0.436 e. The standard InChI is InChI=1S/C11H8Br2N2O/c12-7-3-4-10(8(13)6-7)16-11-9(14)2-1-5-15-11/h1-6H,14H2. The summed E-state index contributed by atoms with van der Waals surface area (Å²) in [5.74, 6) is 1.08. The molecule has 1 heterocycles. The van der Waals surface area contributed by atoms with Gasteiger partial charge in [0, 0.05) is 10.7 Å². The molecule has 3 nitrogen and oxygen atoms in total. The fourth-order valence-corrected chi connectivity index (χ4v) is 2.28. The maximum Gasteiger partial charge on any atom is 0.242 e. The largest absolute Gasteiger partial charge is 0.436 e. The van der Waals surface area contributed by atoms with Crippen molar-refractivity contribution < 1.29 is 4.74 Å². The van der Waals surface area contributed by atoms with Crippen molar-refractivity contribution in [3.8, 4) is 11.6 Å². The Morgan fingerprint density at radius 1 is 1.19 bits per heavy atom. The van der Waals surface area contributed by atoms with Crippen LogP contribution in [0.5, 0.6) is 11.6 Å². The van der Waals surface area contributed by atoms with Crippen molar-refractivity contribution in [1.82, 2.24) is 4.98 Å². The van der Waals surface area contributed by atoms with Crippen molar-refractivity contribution in [1.29, 1.82) is 0 Å². The summed E-state index contributed by atoms with van der Waals surface area (Å²) in [6.45, 7) is 0. The molecule has 0 bridgehead atoms. The van der Waals surface area contributed by atoms with E-state index < -0.39 is 0 Å². The molecular formula is C11H8Br2N2O. The number of halogens is 2. The number of hydrogen-bond donors (Lipinski definition) is 1. The van der Waals surface area contributed by atoms with E-state index in [9.17, 15) is 0 Å². The van der Waals surface area contributed by atoms with Crippen molar-refractivity contribution in [2.45, 2.75) is 0 Å². The third-order valence-electron chi connectivity index (χ3n) is 1.90. The Morgan fingerprint density at radius 3 is 2.69 bits per heavy atom. The van der Waals surface area contributed by atoms with Crippen LogP contribution in [0.2, 0.25) is 0 Å². The summed E-state index contributed by atoms with van der Waals surface area (Å²) in [6, 6.07) is 9.13. The first-order chi connectivity index (χ1) is 7.66. The molecule has 0 aliphatic rings. The van der Waals surface area contributed by atoms with E-state index in [0.29, 0.717) is 17.3 Å². The van der Waals surface area contributed by atoms with Gasteiger partial charge in [0.05, 0.1) is 10.2 Å². The third kappa shape index (κ3) is 2.54. The zero-order chi connectivity index (χ0) is 11.5. The predicted octanol–water partition coefficient (Wildman–Crippen LogP) is 3.98. The number of anilines is 1. The SMILES string of the molecule is Nc1cccnc1Oc1ccc(Br)cc1Br. The average molecular weight is 344 g/mol. The zero-order valence-corrected chi connectivity index (χ0v) is 11.3. The highest BCUT2D eigenvalue weighted by atomic mass is 79.9. The van der Waals surface area contributed by atoms with Crippen LogP contribution >= 0.6 is 31.9 Å².